The highest BCUT2D eigenvalue weighted by molar-refractivity contribution is 7.90. The number of sulfone groups is 1. The summed E-state index contributed by atoms with van der Waals surface area (Å²) in [5, 5.41) is 1.24. The zero-order valence-electron chi connectivity index (χ0n) is 18.1. The van der Waals surface area contributed by atoms with Gasteiger partial charge in [-0.05, 0) is 62.0 Å². The van der Waals surface area contributed by atoms with Gasteiger partial charge in [-0.2, -0.15) is 0 Å². The first-order chi connectivity index (χ1) is 14.7. The van der Waals surface area contributed by atoms with E-state index in [2.05, 4.69) is 18.7 Å². The molecule has 3 aromatic rings. The summed E-state index contributed by atoms with van der Waals surface area (Å²) in [5.41, 5.74) is 2.09. The van der Waals surface area contributed by atoms with E-state index in [1.165, 1.54) is 23.5 Å². The third-order valence-electron chi connectivity index (χ3n) is 5.28. The zero-order chi connectivity index (χ0) is 22.8. The van der Waals surface area contributed by atoms with Gasteiger partial charge in [0.15, 0.2) is 15.0 Å². The van der Waals surface area contributed by atoms with Crippen LogP contribution in [0.5, 0.6) is 0 Å². The molecule has 2 aromatic carbocycles. The molecular formula is C22H26ClN3O3S2. The van der Waals surface area contributed by atoms with E-state index in [4.69, 9.17) is 16.6 Å². The molecule has 9 heteroatoms. The predicted octanol–water partition coefficient (Wildman–Crippen LogP) is 4.65. The van der Waals surface area contributed by atoms with Gasteiger partial charge in [0, 0.05) is 29.9 Å². The van der Waals surface area contributed by atoms with E-state index in [-0.39, 0.29) is 10.8 Å². The van der Waals surface area contributed by atoms with Crippen molar-refractivity contribution in [2.24, 2.45) is 0 Å². The minimum Gasteiger partial charge on any atom is -0.302 e. The number of halogens is 1. The third kappa shape index (κ3) is 5.26. The van der Waals surface area contributed by atoms with E-state index in [9.17, 15) is 13.2 Å². The SMILES string of the molecule is CCN(CC)CCN(C(=O)c1ccc(S(C)(=O)=O)cc1)c1nc2c(C)c(Cl)ccc2s1. The van der Waals surface area contributed by atoms with Gasteiger partial charge < -0.3 is 4.90 Å². The van der Waals surface area contributed by atoms with E-state index in [1.807, 2.05) is 19.1 Å². The minimum absolute atomic E-state index is 0.184. The molecule has 0 saturated heterocycles. The van der Waals surface area contributed by atoms with Crippen LogP contribution < -0.4 is 4.90 Å². The first kappa shape index (κ1) is 23.7. The smallest absolute Gasteiger partial charge is 0.260 e. The van der Waals surface area contributed by atoms with Crippen LogP contribution in [0, 0.1) is 6.92 Å². The Morgan fingerprint density at radius 1 is 1.06 bits per heavy atom. The van der Waals surface area contributed by atoms with Gasteiger partial charge in [0.05, 0.1) is 15.1 Å². The largest absolute Gasteiger partial charge is 0.302 e. The van der Waals surface area contributed by atoms with Crippen molar-refractivity contribution in [2.75, 3.05) is 37.3 Å². The highest BCUT2D eigenvalue weighted by atomic mass is 35.5. The molecule has 0 fully saturated rings. The summed E-state index contributed by atoms with van der Waals surface area (Å²) in [5.74, 6) is -0.213. The molecule has 0 aliphatic carbocycles. The second-order valence-electron chi connectivity index (χ2n) is 7.30. The maximum absolute atomic E-state index is 13.4. The molecule has 0 spiro atoms. The number of fused-ring (bicyclic) bond motifs is 1. The summed E-state index contributed by atoms with van der Waals surface area (Å²) < 4.78 is 24.5. The van der Waals surface area contributed by atoms with Crippen molar-refractivity contribution in [1.29, 1.82) is 0 Å². The van der Waals surface area contributed by atoms with Crippen molar-refractivity contribution in [3.8, 4) is 0 Å². The van der Waals surface area contributed by atoms with Crippen LogP contribution >= 0.6 is 22.9 Å². The summed E-state index contributed by atoms with van der Waals surface area (Å²) in [7, 11) is -3.33. The number of hydrogen-bond donors (Lipinski definition) is 0. The molecule has 0 bridgehead atoms. The number of hydrogen-bond acceptors (Lipinski definition) is 6. The van der Waals surface area contributed by atoms with Crippen LogP contribution in [0.3, 0.4) is 0 Å². The molecule has 0 aliphatic heterocycles. The molecule has 31 heavy (non-hydrogen) atoms. The Bertz CT molecular complexity index is 1190. The molecule has 1 aromatic heterocycles. The first-order valence-electron chi connectivity index (χ1n) is 10.1. The number of benzene rings is 2. The number of likely N-dealkylation sites (N-methyl/N-ethyl adjacent to an activating group) is 1. The van der Waals surface area contributed by atoms with Crippen LogP contribution in [0.4, 0.5) is 5.13 Å². The number of amides is 1. The fourth-order valence-electron chi connectivity index (χ4n) is 3.27. The van der Waals surface area contributed by atoms with Gasteiger partial charge in [-0.25, -0.2) is 13.4 Å². The number of thiazole rings is 1. The molecule has 1 heterocycles. The Hall–Kier alpha value is -2.00. The normalized spacial score (nSPS) is 11.9. The van der Waals surface area contributed by atoms with E-state index < -0.39 is 9.84 Å². The lowest BCUT2D eigenvalue weighted by molar-refractivity contribution is 0.0983. The standard InChI is InChI=1S/C22H26ClN3O3S2/c1-5-25(6-2)13-14-26(21(27)16-7-9-17(10-8-16)31(4,28)29)22-24-20-15(3)18(23)11-12-19(20)30-22/h7-12H,5-6,13-14H2,1-4H3. The van der Waals surface area contributed by atoms with Gasteiger partial charge in [0.1, 0.15) is 0 Å². The predicted molar refractivity (Wildman–Crippen MR) is 128 cm³/mol. The van der Waals surface area contributed by atoms with Crippen molar-refractivity contribution in [3.05, 3.63) is 52.5 Å². The Balaban J connectivity index is 2.00. The van der Waals surface area contributed by atoms with E-state index in [0.29, 0.717) is 28.8 Å². The molecular weight excluding hydrogens is 454 g/mol. The lowest BCUT2D eigenvalue weighted by Gasteiger charge is -2.24. The topological polar surface area (TPSA) is 70.6 Å². The van der Waals surface area contributed by atoms with Gasteiger partial charge in [-0.3, -0.25) is 9.69 Å². The molecule has 0 aliphatic rings. The maximum atomic E-state index is 13.4. The lowest BCUT2D eigenvalue weighted by atomic mass is 10.2. The summed E-state index contributed by atoms with van der Waals surface area (Å²) in [6.45, 7) is 9.04. The highest BCUT2D eigenvalue weighted by Crippen LogP contribution is 2.34. The summed E-state index contributed by atoms with van der Waals surface area (Å²) in [6, 6.07) is 9.80. The van der Waals surface area contributed by atoms with E-state index in [1.54, 1.807) is 17.0 Å². The molecule has 3 rings (SSSR count). The highest BCUT2D eigenvalue weighted by Gasteiger charge is 2.23. The zero-order valence-corrected chi connectivity index (χ0v) is 20.4. The van der Waals surface area contributed by atoms with Crippen LogP contribution in [-0.4, -0.2) is 56.6 Å². The second kappa shape index (κ2) is 9.65. The van der Waals surface area contributed by atoms with Gasteiger partial charge in [0.2, 0.25) is 0 Å². The Morgan fingerprint density at radius 2 is 1.71 bits per heavy atom. The average Bonchev–Trinajstić information content (AvgIpc) is 3.18. The molecule has 0 saturated carbocycles. The number of nitrogens with zero attached hydrogens (tertiary/aromatic N) is 3. The number of carbonyl (C=O) groups is 1. The van der Waals surface area contributed by atoms with Crippen molar-refractivity contribution < 1.29 is 13.2 Å². The van der Waals surface area contributed by atoms with Crippen LogP contribution in [0.15, 0.2) is 41.3 Å². The fourth-order valence-corrected chi connectivity index (χ4v) is 5.10. The van der Waals surface area contributed by atoms with Crippen LogP contribution in [0.2, 0.25) is 5.02 Å². The quantitative estimate of drug-likeness (QED) is 0.470. The van der Waals surface area contributed by atoms with E-state index >= 15 is 0 Å². The Morgan fingerprint density at radius 3 is 2.29 bits per heavy atom. The molecule has 0 radical (unpaired) electrons. The molecule has 166 valence electrons. The monoisotopic (exact) mass is 479 g/mol. The maximum Gasteiger partial charge on any atom is 0.260 e. The van der Waals surface area contributed by atoms with Gasteiger partial charge in [0.25, 0.3) is 5.91 Å². The Labute approximate surface area is 192 Å². The van der Waals surface area contributed by atoms with Crippen molar-refractivity contribution in [2.45, 2.75) is 25.7 Å². The van der Waals surface area contributed by atoms with Crippen molar-refractivity contribution >= 4 is 54.0 Å². The number of aromatic nitrogens is 1. The number of carbonyl (C=O) groups excluding carboxylic acids is 1. The van der Waals surface area contributed by atoms with Crippen molar-refractivity contribution in [3.63, 3.8) is 0 Å². The Kier molecular flexibility index (Phi) is 7.36. The molecule has 0 N–H and O–H groups in total. The molecule has 6 nitrogen and oxygen atoms in total. The van der Waals surface area contributed by atoms with E-state index in [0.717, 1.165) is 35.1 Å². The van der Waals surface area contributed by atoms with Crippen LogP contribution in [-0.2, 0) is 9.84 Å². The summed E-state index contributed by atoms with van der Waals surface area (Å²) >= 11 is 7.70. The minimum atomic E-state index is -3.33. The summed E-state index contributed by atoms with van der Waals surface area (Å²) in [4.78, 5) is 22.2. The third-order valence-corrected chi connectivity index (χ3v) is 7.86. The number of aryl methyl sites for hydroxylation is 1. The lowest BCUT2D eigenvalue weighted by Crippen LogP contribution is -2.38. The van der Waals surface area contributed by atoms with Gasteiger partial charge in [-0.1, -0.05) is 36.8 Å². The molecule has 0 atom stereocenters. The fraction of sp³-hybridized carbons (Fsp3) is 0.364. The summed E-state index contributed by atoms with van der Waals surface area (Å²) in [6.07, 6.45) is 1.15. The first-order valence-corrected chi connectivity index (χ1v) is 13.1. The number of rotatable bonds is 8. The molecule has 1 amide bonds. The molecule has 0 unspecified atom stereocenters. The number of anilines is 1. The van der Waals surface area contributed by atoms with Crippen LogP contribution in [0.1, 0.15) is 29.8 Å². The average molecular weight is 480 g/mol. The second-order valence-corrected chi connectivity index (χ2v) is 10.7. The van der Waals surface area contributed by atoms with Crippen LogP contribution in [0.25, 0.3) is 10.2 Å². The van der Waals surface area contributed by atoms with Gasteiger partial charge in [-0.15, -0.1) is 0 Å². The van der Waals surface area contributed by atoms with Gasteiger partial charge >= 0.3 is 0 Å². The van der Waals surface area contributed by atoms with Crippen molar-refractivity contribution in [1.82, 2.24) is 9.88 Å².